The second-order valence-electron chi connectivity index (χ2n) is 7.84. The summed E-state index contributed by atoms with van der Waals surface area (Å²) in [5.74, 6) is -0.167. The number of rotatable bonds is 5. The van der Waals surface area contributed by atoms with Crippen molar-refractivity contribution in [3.63, 3.8) is 0 Å². The minimum atomic E-state index is -0.894. The SMILES string of the molecule is CCOC(=O)C=CC(C)[C@@H]1CC[C@@H](C)[C@]2(O)C[C@@H](OC(C)=O)C(C)=C[C@H]12. The summed E-state index contributed by atoms with van der Waals surface area (Å²) in [6, 6.07) is 0. The monoisotopic (exact) mass is 364 g/mol. The molecule has 0 radical (unpaired) electrons. The van der Waals surface area contributed by atoms with E-state index >= 15 is 0 Å². The van der Waals surface area contributed by atoms with E-state index in [-0.39, 0.29) is 41.7 Å². The average Bonchev–Trinajstić information content (AvgIpc) is 2.55. The molecule has 0 saturated heterocycles. The van der Waals surface area contributed by atoms with Gasteiger partial charge in [0, 0.05) is 25.3 Å². The van der Waals surface area contributed by atoms with E-state index in [4.69, 9.17) is 9.47 Å². The molecule has 2 rings (SSSR count). The van der Waals surface area contributed by atoms with Gasteiger partial charge in [-0.1, -0.05) is 26.0 Å². The first-order valence-electron chi connectivity index (χ1n) is 9.61. The third kappa shape index (κ3) is 4.37. The third-order valence-corrected chi connectivity index (χ3v) is 6.09. The molecule has 0 aromatic carbocycles. The highest BCUT2D eigenvalue weighted by molar-refractivity contribution is 5.81. The Bertz CT molecular complexity index is 593. The standard InChI is InChI=1S/C21H32O5/c1-6-25-20(23)10-7-13(2)17-9-8-15(4)21(24)12-19(26-16(5)22)14(3)11-18(17)21/h7,10-11,13,15,17-19,24H,6,8-9,12H2,1-5H3/t13?,15-,17+,18-,19-,21-/m1/s1. The molecule has 1 saturated carbocycles. The van der Waals surface area contributed by atoms with Gasteiger partial charge in [0.05, 0.1) is 12.2 Å². The van der Waals surface area contributed by atoms with E-state index in [0.29, 0.717) is 13.0 Å². The maximum atomic E-state index is 11.6. The van der Waals surface area contributed by atoms with Gasteiger partial charge >= 0.3 is 11.9 Å². The molecule has 0 heterocycles. The van der Waals surface area contributed by atoms with Gasteiger partial charge in [-0.05, 0) is 50.0 Å². The smallest absolute Gasteiger partial charge is 0.330 e. The van der Waals surface area contributed by atoms with Crippen LogP contribution >= 0.6 is 0 Å². The van der Waals surface area contributed by atoms with E-state index < -0.39 is 5.60 Å². The predicted octanol–water partition coefficient (Wildman–Crippen LogP) is 3.42. The van der Waals surface area contributed by atoms with Crippen LogP contribution in [0, 0.1) is 23.7 Å². The van der Waals surface area contributed by atoms with Crippen molar-refractivity contribution in [1.29, 1.82) is 0 Å². The normalized spacial score (nSPS) is 35.4. The quantitative estimate of drug-likeness (QED) is 0.460. The molecule has 0 spiro atoms. The first-order chi connectivity index (χ1) is 12.2. The Kier molecular flexibility index (Phi) is 6.67. The van der Waals surface area contributed by atoms with E-state index in [0.717, 1.165) is 18.4 Å². The molecule has 0 aromatic heterocycles. The molecule has 26 heavy (non-hydrogen) atoms. The number of esters is 2. The van der Waals surface area contributed by atoms with Crippen molar-refractivity contribution in [3.05, 3.63) is 23.8 Å². The lowest BCUT2D eigenvalue weighted by Gasteiger charge is -2.52. The summed E-state index contributed by atoms with van der Waals surface area (Å²) in [6.45, 7) is 9.66. The topological polar surface area (TPSA) is 72.8 Å². The van der Waals surface area contributed by atoms with Crippen molar-refractivity contribution in [3.8, 4) is 0 Å². The lowest BCUT2D eigenvalue weighted by molar-refractivity contribution is -0.158. The van der Waals surface area contributed by atoms with Crippen LogP contribution in [0.3, 0.4) is 0 Å². The van der Waals surface area contributed by atoms with Gasteiger partial charge in [0.2, 0.25) is 0 Å². The number of hydrogen-bond donors (Lipinski definition) is 1. The molecule has 1 unspecified atom stereocenters. The zero-order chi connectivity index (χ0) is 19.5. The Morgan fingerprint density at radius 1 is 1.42 bits per heavy atom. The minimum Gasteiger partial charge on any atom is -0.463 e. The zero-order valence-corrected chi connectivity index (χ0v) is 16.5. The van der Waals surface area contributed by atoms with Crippen molar-refractivity contribution in [2.24, 2.45) is 23.7 Å². The van der Waals surface area contributed by atoms with Crippen LogP contribution in [-0.4, -0.2) is 35.4 Å². The van der Waals surface area contributed by atoms with Gasteiger partial charge < -0.3 is 14.6 Å². The minimum absolute atomic E-state index is 0.0140. The number of carbonyl (C=O) groups excluding carboxylic acids is 2. The number of carbonyl (C=O) groups is 2. The summed E-state index contributed by atoms with van der Waals surface area (Å²) in [5, 5.41) is 11.5. The van der Waals surface area contributed by atoms with Crippen LogP contribution < -0.4 is 0 Å². The summed E-state index contributed by atoms with van der Waals surface area (Å²) in [4.78, 5) is 23.0. The van der Waals surface area contributed by atoms with E-state index in [1.807, 2.05) is 13.0 Å². The highest BCUT2D eigenvalue weighted by Crippen LogP contribution is 2.51. The molecular weight excluding hydrogens is 332 g/mol. The number of aliphatic hydroxyl groups is 1. The molecule has 0 amide bonds. The highest BCUT2D eigenvalue weighted by atomic mass is 16.5. The molecule has 2 aliphatic rings. The van der Waals surface area contributed by atoms with Gasteiger partial charge in [-0.3, -0.25) is 4.79 Å². The predicted molar refractivity (Wildman–Crippen MR) is 99.2 cm³/mol. The fraction of sp³-hybridized carbons (Fsp3) is 0.714. The zero-order valence-electron chi connectivity index (χ0n) is 16.5. The maximum absolute atomic E-state index is 11.6. The van der Waals surface area contributed by atoms with Gasteiger partial charge in [-0.25, -0.2) is 4.79 Å². The van der Waals surface area contributed by atoms with Crippen LogP contribution in [0.25, 0.3) is 0 Å². The molecule has 0 aliphatic heterocycles. The Morgan fingerprint density at radius 3 is 2.73 bits per heavy atom. The number of allylic oxidation sites excluding steroid dienone is 1. The van der Waals surface area contributed by atoms with Gasteiger partial charge in [-0.2, -0.15) is 0 Å². The Labute approximate surface area is 156 Å². The second-order valence-corrected chi connectivity index (χ2v) is 7.84. The van der Waals surface area contributed by atoms with E-state index in [2.05, 4.69) is 19.9 Å². The fourth-order valence-corrected chi connectivity index (χ4v) is 4.51. The maximum Gasteiger partial charge on any atom is 0.330 e. The molecule has 0 bridgehead atoms. The summed E-state index contributed by atoms with van der Waals surface area (Å²) >= 11 is 0. The molecule has 146 valence electrons. The van der Waals surface area contributed by atoms with Crippen molar-refractivity contribution < 1.29 is 24.2 Å². The molecule has 5 nitrogen and oxygen atoms in total. The molecule has 6 atom stereocenters. The molecule has 1 N–H and O–H groups in total. The van der Waals surface area contributed by atoms with Crippen LogP contribution in [0.15, 0.2) is 23.8 Å². The summed E-state index contributed by atoms with van der Waals surface area (Å²) in [6.07, 6.45) is 7.45. The van der Waals surface area contributed by atoms with Crippen molar-refractivity contribution in [2.75, 3.05) is 6.61 Å². The van der Waals surface area contributed by atoms with E-state index in [1.165, 1.54) is 13.0 Å². The van der Waals surface area contributed by atoms with Crippen LogP contribution in [0.5, 0.6) is 0 Å². The van der Waals surface area contributed by atoms with Gasteiger partial charge in [-0.15, -0.1) is 0 Å². The van der Waals surface area contributed by atoms with Crippen molar-refractivity contribution >= 4 is 11.9 Å². The lowest BCUT2D eigenvalue weighted by Crippen LogP contribution is -2.55. The molecule has 5 heteroatoms. The lowest BCUT2D eigenvalue weighted by atomic mass is 9.57. The molecule has 0 aromatic rings. The Balaban J connectivity index is 2.24. The van der Waals surface area contributed by atoms with E-state index in [1.54, 1.807) is 6.92 Å². The third-order valence-electron chi connectivity index (χ3n) is 6.09. The van der Waals surface area contributed by atoms with Gasteiger partial charge in [0.25, 0.3) is 0 Å². The Hall–Kier alpha value is -1.62. The number of ether oxygens (including phenoxy) is 2. The van der Waals surface area contributed by atoms with Gasteiger partial charge in [0.15, 0.2) is 0 Å². The van der Waals surface area contributed by atoms with Gasteiger partial charge in [0.1, 0.15) is 6.10 Å². The molecular formula is C21H32O5. The van der Waals surface area contributed by atoms with E-state index in [9.17, 15) is 14.7 Å². The first-order valence-corrected chi connectivity index (χ1v) is 9.61. The number of fused-ring (bicyclic) bond motifs is 1. The summed E-state index contributed by atoms with van der Waals surface area (Å²) in [7, 11) is 0. The largest absolute Gasteiger partial charge is 0.463 e. The molecule has 2 aliphatic carbocycles. The van der Waals surface area contributed by atoms with Crippen molar-refractivity contribution in [2.45, 2.75) is 65.6 Å². The fourth-order valence-electron chi connectivity index (χ4n) is 4.51. The average molecular weight is 364 g/mol. The van der Waals surface area contributed by atoms with Crippen LogP contribution in [0.2, 0.25) is 0 Å². The van der Waals surface area contributed by atoms with Crippen LogP contribution in [0.4, 0.5) is 0 Å². The van der Waals surface area contributed by atoms with Crippen LogP contribution in [0.1, 0.15) is 53.9 Å². The van der Waals surface area contributed by atoms with Crippen molar-refractivity contribution in [1.82, 2.24) is 0 Å². The molecule has 1 fully saturated rings. The summed E-state index contributed by atoms with van der Waals surface area (Å²) < 4.78 is 10.4. The number of hydrogen-bond acceptors (Lipinski definition) is 5. The van der Waals surface area contributed by atoms with Crippen LogP contribution in [-0.2, 0) is 19.1 Å². The highest BCUT2D eigenvalue weighted by Gasteiger charge is 2.52. The summed E-state index contributed by atoms with van der Waals surface area (Å²) in [5.41, 5.74) is 0.102. The second kappa shape index (κ2) is 8.38. The Morgan fingerprint density at radius 2 is 2.12 bits per heavy atom. The first kappa shape index (κ1) is 20.7.